The predicted molar refractivity (Wildman–Crippen MR) is 136 cm³/mol. The summed E-state index contributed by atoms with van der Waals surface area (Å²) >= 11 is 0. The Labute approximate surface area is 214 Å². The molecular weight excluding hydrogens is 458 g/mol. The molecule has 3 aliphatic heterocycles. The van der Waals surface area contributed by atoms with Crippen LogP contribution in [-0.2, 0) is 25.7 Å². The fourth-order valence-electron chi connectivity index (χ4n) is 6.65. The van der Waals surface area contributed by atoms with E-state index < -0.39 is 29.1 Å². The Bertz CT molecular complexity index is 956. The Morgan fingerprint density at radius 2 is 1.86 bits per heavy atom. The van der Waals surface area contributed by atoms with E-state index in [1.165, 1.54) is 0 Å². The number of nitrogens with zero attached hydrogens (tertiary/aromatic N) is 1. The van der Waals surface area contributed by atoms with Crippen LogP contribution in [0.25, 0.3) is 0 Å². The van der Waals surface area contributed by atoms with Crippen LogP contribution in [-0.4, -0.2) is 64.7 Å². The molecular formula is C28H41N3O5. The minimum atomic E-state index is -1.02. The van der Waals surface area contributed by atoms with Crippen molar-refractivity contribution in [2.75, 3.05) is 19.7 Å². The molecule has 4 rings (SSSR count). The molecule has 198 valence electrons. The number of carbonyl (C=O) groups is 3. The number of aliphatic hydroxyl groups excluding tert-OH is 1. The summed E-state index contributed by atoms with van der Waals surface area (Å²) in [7, 11) is 0. The van der Waals surface area contributed by atoms with E-state index in [0.29, 0.717) is 38.9 Å². The normalized spacial score (nSPS) is 32.6. The Hall–Kier alpha value is -2.45. The summed E-state index contributed by atoms with van der Waals surface area (Å²) in [6.45, 7) is 7.40. The summed E-state index contributed by atoms with van der Waals surface area (Å²) in [5.41, 5.74) is -0.858. The number of likely N-dealkylation sites (tertiary alicyclic amines) is 1. The Morgan fingerprint density at radius 1 is 1.11 bits per heavy atom. The first-order chi connectivity index (χ1) is 17.3. The van der Waals surface area contributed by atoms with Gasteiger partial charge >= 0.3 is 0 Å². The first-order valence-electron chi connectivity index (χ1n) is 13.5. The molecule has 8 heteroatoms. The van der Waals surface area contributed by atoms with E-state index in [9.17, 15) is 19.5 Å². The van der Waals surface area contributed by atoms with Gasteiger partial charge in [-0.1, -0.05) is 57.0 Å². The monoisotopic (exact) mass is 499 g/mol. The van der Waals surface area contributed by atoms with E-state index >= 15 is 0 Å². The summed E-state index contributed by atoms with van der Waals surface area (Å²) in [6.07, 6.45) is 4.64. The number of carbonyl (C=O) groups excluding carboxylic acids is 3. The van der Waals surface area contributed by atoms with Crippen LogP contribution in [0.4, 0.5) is 0 Å². The summed E-state index contributed by atoms with van der Waals surface area (Å²) < 4.78 is 6.70. The smallest absolute Gasteiger partial charge is 0.245 e. The zero-order valence-electron chi connectivity index (χ0n) is 21.8. The van der Waals surface area contributed by atoms with Crippen molar-refractivity contribution in [3.63, 3.8) is 0 Å². The molecule has 36 heavy (non-hydrogen) atoms. The first kappa shape index (κ1) is 26.6. The van der Waals surface area contributed by atoms with Crippen LogP contribution in [0.2, 0.25) is 0 Å². The fourth-order valence-corrected chi connectivity index (χ4v) is 6.65. The second kappa shape index (κ2) is 10.9. The number of hydrogen-bond donors (Lipinski definition) is 3. The molecule has 1 aromatic rings. The highest BCUT2D eigenvalue weighted by Crippen LogP contribution is 2.65. The van der Waals surface area contributed by atoms with E-state index in [2.05, 4.69) is 24.5 Å². The Morgan fingerprint density at radius 3 is 2.56 bits per heavy atom. The Kier molecular flexibility index (Phi) is 8.05. The highest BCUT2D eigenvalue weighted by atomic mass is 16.5. The number of hydrogen-bond acceptors (Lipinski definition) is 5. The van der Waals surface area contributed by atoms with Crippen LogP contribution in [0.5, 0.6) is 0 Å². The number of nitrogens with one attached hydrogen (secondary N) is 2. The van der Waals surface area contributed by atoms with Gasteiger partial charge in [0, 0.05) is 26.2 Å². The topological polar surface area (TPSA) is 108 Å². The molecule has 3 fully saturated rings. The molecule has 2 bridgehead atoms. The van der Waals surface area contributed by atoms with Crippen LogP contribution in [0.15, 0.2) is 30.3 Å². The first-order valence-corrected chi connectivity index (χ1v) is 13.5. The van der Waals surface area contributed by atoms with Gasteiger partial charge < -0.3 is 25.4 Å². The van der Waals surface area contributed by atoms with E-state index in [-0.39, 0.29) is 30.2 Å². The highest BCUT2D eigenvalue weighted by Gasteiger charge is 2.79. The van der Waals surface area contributed by atoms with Crippen LogP contribution in [0.1, 0.15) is 64.9 Å². The summed E-state index contributed by atoms with van der Waals surface area (Å²) in [5, 5.41) is 15.4. The fraction of sp³-hybridized carbons (Fsp3) is 0.679. The third-order valence-electron chi connectivity index (χ3n) is 8.54. The van der Waals surface area contributed by atoms with Crippen molar-refractivity contribution in [2.45, 2.75) is 83.1 Å². The highest BCUT2D eigenvalue weighted by molar-refractivity contribution is 5.99. The van der Waals surface area contributed by atoms with Gasteiger partial charge in [0.05, 0.1) is 17.4 Å². The van der Waals surface area contributed by atoms with Gasteiger partial charge in [-0.25, -0.2) is 0 Å². The van der Waals surface area contributed by atoms with Crippen molar-refractivity contribution >= 4 is 17.7 Å². The second-order valence-corrected chi connectivity index (χ2v) is 10.9. The summed E-state index contributed by atoms with van der Waals surface area (Å²) in [6, 6.07) is 8.91. The van der Waals surface area contributed by atoms with Crippen molar-refractivity contribution in [3.8, 4) is 0 Å². The zero-order valence-corrected chi connectivity index (χ0v) is 21.8. The number of amides is 3. The maximum atomic E-state index is 13.9. The standard InChI is InChI=1S/C28H41N3O5/c1-4-5-9-14-29-25(34)23-28-17-19(2)27(3,36-28)21(22(28)26(35)31(23)15-10-11-16-32)24(33)30-18-20-12-7-6-8-13-20/h6-8,12-13,19,21-23,32H,4-5,9-11,14-18H2,1-3H3,(H,29,34)(H,30,33)/t19?,21-,22-,23?,27+,28?/m0/s1. The molecule has 3 saturated heterocycles. The molecule has 3 unspecified atom stereocenters. The number of unbranched alkanes of at least 4 members (excludes halogenated alkanes) is 3. The van der Waals surface area contributed by atoms with E-state index in [0.717, 1.165) is 24.8 Å². The molecule has 3 N–H and O–H groups in total. The quantitative estimate of drug-likeness (QED) is 0.383. The zero-order chi connectivity index (χ0) is 25.9. The van der Waals surface area contributed by atoms with Crippen LogP contribution in [0.3, 0.4) is 0 Å². The number of ether oxygens (including phenoxy) is 1. The number of aliphatic hydroxyl groups is 1. The van der Waals surface area contributed by atoms with Gasteiger partial charge in [0.25, 0.3) is 0 Å². The Balaban J connectivity index is 1.61. The predicted octanol–water partition coefficient (Wildman–Crippen LogP) is 2.39. The average Bonchev–Trinajstić information content (AvgIpc) is 3.38. The molecule has 3 aliphatic rings. The van der Waals surface area contributed by atoms with Crippen molar-refractivity contribution in [3.05, 3.63) is 35.9 Å². The molecule has 0 radical (unpaired) electrons. The second-order valence-electron chi connectivity index (χ2n) is 10.9. The molecule has 3 amide bonds. The minimum absolute atomic E-state index is 0.0156. The molecule has 1 spiro atoms. The van der Waals surface area contributed by atoms with Crippen molar-refractivity contribution in [1.82, 2.24) is 15.5 Å². The lowest BCUT2D eigenvalue weighted by Crippen LogP contribution is -2.56. The lowest BCUT2D eigenvalue weighted by molar-refractivity contribution is -0.147. The number of benzene rings is 1. The van der Waals surface area contributed by atoms with Crippen molar-refractivity contribution in [2.24, 2.45) is 17.8 Å². The molecule has 3 heterocycles. The molecule has 1 aromatic carbocycles. The van der Waals surface area contributed by atoms with Gasteiger partial charge in [-0.05, 0) is 44.1 Å². The maximum Gasteiger partial charge on any atom is 0.245 e. The average molecular weight is 500 g/mol. The maximum absolute atomic E-state index is 13.9. The van der Waals surface area contributed by atoms with Gasteiger partial charge in [-0.15, -0.1) is 0 Å². The summed E-state index contributed by atoms with van der Waals surface area (Å²) in [4.78, 5) is 42.8. The van der Waals surface area contributed by atoms with E-state index in [1.54, 1.807) is 4.90 Å². The molecule has 0 aliphatic carbocycles. The largest absolute Gasteiger partial charge is 0.396 e. The SMILES string of the molecule is CCCCCNC(=O)C1N(CCCCO)C(=O)[C@@H]2[C@@H](C(=O)NCc3ccccc3)[C@]3(C)OC12CC3C. The van der Waals surface area contributed by atoms with Crippen LogP contribution < -0.4 is 10.6 Å². The number of rotatable bonds is 12. The van der Waals surface area contributed by atoms with Gasteiger partial charge in [-0.3, -0.25) is 14.4 Å². The van der Waals surface area contributed by atoms with Crippen LogP contribution in [0, 0.1) is 17.8 Å². The lowest BCUT2D eigenvalue weighted by atomic mass is 9.62. The third kappa shape index (κ3) is 4.54. The van der Waals surface area contributed by atoms with Gasteiger partial charge in [0.2, 0.25) is 17.7 Å². The number of fused-ring (bicyclic) bond motifs is 1. The molecule has 6 atom stereocenters. The van der Waals surface area contributed by atoms with E-state index in [4.69, 9.17) is 4.74 Å². The van der Waals surface area contributed by atoms with Gasteiger partial charge in [0.1, 0.15) is 11.6 Å². The third-order valence-corrected chi connectivity index (χ3v) is 8.54. The molecule has 8 nitrogen and oxygen atoms in total. The van der Waals surface area contributed by atoms with Gasteiger partial charge in [-0.2, -0.15) is 0 Å². The molecule has 0 aromatic heterocycles. The minimum Gasteiger partial charge on any atom is -0.396 e. The summed E-state index contributed by atoms with van der Waals surface area (Å²) in [5.74, 6) is -1.94. The van der Waals surface area contributed by atoms with E-state index in [1.807, 2.05) is 37.3 Å². The van der Waals surface area contributed by atoms with Crippen LogP contribution >= 0.6 is 0 Å². The molecule has 0 saturated carbocycles. The van der Waals surface area contributed by atoms with Crippen molar-refractivity contribution in [1.29, 1.82) is 0 Å². The van der Waals surface area contributed by atoms with Gasteiger partial charge in [0.15, 0.2) is 0 Å². The van der Waals surface area contributed by atoms with Crippen molar-refractivity contribution < 1.29 is 24.2 Å². The lowest BCUT2D eigenvalue weighted by Gasteiger charge is -2.36.